The van der Waals surface area contributed by atoms with Crippen molar-refractivity contribution in [3.05, 3.63) is 45.9 Å². The summed E-state index contributed by atoms with van der Waals surface area (Å²) < 4.78 is 0. The second-order valence-corrected chi connectivity index (χ2v) is 4.90. The van der Waals surface area contributed by atoms with Crippen molar-refractivity contribution >= 4 is 0 Å². The van der Waals surface area contributed by atoms with E-state index in [1.165, 1.54) is 27.9 Å². The molecule has 2 heterocycles. The van der Waals surface area contributed by atoms with E-state index < -0.39 is 0 Å². The first-order valence-corrected chi connectivity index (χ1v) is 6.01. The van der Waals surface area contributed by atoms with Gasteiger partial charge in [-0.2, -0.15) is 0 Å². The fourth-order valence-electron chi connectivity index (χ4n) is 2.56. The summed E-state index contributed by atoms with van der Waals surface area (Å²) in [5.41, 5.74) is 9.82. The van der Waals surface area contributed by atoms with Crippen molar-refractivity contribution in [3.63, 3.8) is 0 Å². The van der Waals surface area contributed by atoms with Crippen LogP contribution in [-0.4, -0.2) is 9.97 Å². The SMILES string of the molecule is Cc1ccc2c(n1)Cc1c-2nc(C)c(C)c1C. The second-order valence-electron chi connectivity index (χ2n) is 4.90. The molecule has 0 saturated heterocycles. The van der Waals surface area contributed by atoms with Gasteiger partial charge in [-0.15, -0.1) is 0 Å². The van der Waals surface area contributed by atoms with Crippen LogP contribution in [-0.2, 0) is 6.42 Å². The third-order valence-electron chi connectivity index (χ3n) is 3.84. The molecule has 0 spiro atoms. The van der Waals surface area contributed by atoms with Gasteiger partial charge in [0, 0.05) is 23.4 Å². The summed E-state index contributed by atoms with van der Waals surface area (Å²) in [6, 6.07) is 4.23. The lowest BCUT2D eigenvalue weighted by atomic mass is 10.0. The van der Waals surface area contributed by atoms with Crippen LogP contribution in [0.3, 0.4) is 0 Å². The minimum Gasteiger partial charge on any atom is -0.257 e. The molecule has 0 radical (unpaired) electrons. The van der Waals surface area contributed by atoms with Gasteiger partial charge in [-0.3, -0.25) is 9.97 Å². The van der Waals surface area contributed by atoms with E-state index in [1.807, 2.05) is 6.92 Å². The van der Waals surface area contributed by atoms with E-state index in [0.717, 1.165) is 23.5 Å². The number of aryl methyl sites for hydroxylation is 2. The number of hydrogen-bond acceptors (Lipinski definition) is 2. The molecule has 0 atom stereocenters. The molecule has 0 amide bonds. The van der Waals surface area contributed by atoms with Crippen molar-refractivity contribution in [3.8, 4) is 11.3 Å². The maximum atomic E-state index is 4.75. The number of pyridine rings is 2. The molecular formula is C15H16N2. The molecule has 2 aromatic heterocycles. The van der Waals surface area contributed by atoms with Crippen molar-refractivity contribution in [1.29, 1.82) is 0 Å². The van der Waals surface area contributed by atoms with E-state index in [-0.39, 0.29) is 0 Å². The number of rotatable bonds is 0. The number of hydrogen-bond donors (Lipinski definition) is 0. The number of fused-ring (bicyclic) bond motifs is 3. The van der Waals surface area contributed by atoms with Crippen LogP contribution in [0.1, 0.15) is 33.8 Å². The topological polar surface area (TPSA) is 25.8 Å². The van der Waals surface area contributed by atoms with E-state index in [9.17, 15) is 0 Å². The Balaban J connectivity index is 2.30. The summed E-state index contributed by atoms with van der Waals surface area (Å²) >= 11 is 0. The second kappa shape index (κ2) is 3.39. The molecule has 0 saturated carbocycles. The Hall–Kier alpha value is -1.70. The molecule has 0 N–H and O–H groups in total. The van der Waals surface area contributed by atoms with Crippen molar-refractivity contribution in [2.75, 3.05) is 0 Å². The van der Waals surface area contributed by atoms with Gasteiger partial charge in [-0.05, 0) is 56.5 Å². The molecule has 86 valence electrons. The van der Waals surface area contributed by atoms with E-state index in [0.29, 0.717) is 0 Å². The molecule has 2 heteroatoms. The maximum Gasteiger partial charge on any atom is 0.0762 e. The Labute approximate surface area is 102 Å². The van der Waals surface area contributed by atoms with Gasteiger partial charge in [0.15, 0.2) is 0 Å². The molecule has 2 aromatic rings. The van der Waals surface area contributed by atoms with Gasteiger partial charge in [0.05, 0.1) is 11.4 Å². The third kappa shape index (κ3) is 1.40. The highest BCUT2D eigenvalue weighted by molar-refractivity contribution is 5.74. The maximum absolute atomic E-state index is 4.75. The van der Waals surface area contributed by atoms with Crippen molar-refractivity contribution in [2.45, 2.75) is 34.1 Å². The molecule has 1 aliphatic rings. The minimum atomic E-state index is 0.937. The summed E-state index contributed by atoms with van der Waals surface area (Å²) in [6.07, 6.45) is 0.937. The van der Waals surface area contributed by atoms with Crippen LogP contribution in [0.2, 0.25) is 0 Å². The molecule has 17 heavy (non-hydrogen) atoms. The predicted molar refractivity (Wildman–Crippen MR) is 69.2 cm³/mol. The van der Waals surface area contributed by atoms with Crippen LogP contribution < -0.4 is 0 Å². The quantitative estimate of drug-likeness (QED) is 0.585. The molecule has 0 bridgehead atoms. The van der Waals surface area contributed by atoms with Gasteiger partial charge in [0.1, 0.15) is 0 Å². The average Bonchev–Trinajstić information content (AvgIpc) is 2.64. The zero-order valence-electron chi connectivity index (χ0n) is 10.8. The summed E-state index contributed by atoms with van der Waals surface area (Å²) in [5.74, 6) is 0. The van der Waals surface area contributed by atoms with Crippen LogP contribution in [0.15, 0.2) is 12.1 Å². The zero-order chi connectivity index (χ0) is 12.2. The first-order chi connectivity index (χ1) is 8.08. The Morgan fingerprint density at radius 1 is 0.941 bits per heavy atom. The van der Waals surface area contributed by atoms with Crippen LogP contribution in [0.4, 0.5) is 0 Å². The summed E-state index contributed by atoms with van der Waals surface area (Å²) in [5, 5.41) is 0. The molecule has 1 aliphatic carbocycles. The van der Waals surface area contributed by atoms with Gasteiger partial charge in [0.25, 0.3) is 0 Å². The van der Waals surface area contributed by atoms with Gasteiger partial charge in [-0.1, -0.05) is 0 Å². The van der Waals surface area contributed by atoms with Gasteiger partial charge >= 0.3 is 0 Å². The molecular weight excluding hydrogens is 208 g/mol. The fourth-order valence-corrected chi connectivity index (χ4v) is 2.56. The number of aromatic nitrogens is 2. The highest BCUT2D eigenvalue weighted by Crippen LogP contribution is 2.37. The third-order valence-corrected chi connectivity index (χ3v) is 3.84. The van der Waals surface area contributed by atoms with Crippen LogP contribution >= 0.6 is 0 Å². The fraction of sp³-hybridized carbons (Fsp3) is 0.333. The molecule has 0 aromatic carbocycles. The lowest BCUT2D eigenvalue weighted by molar-refractivity contribution is 1.05. The smallest absolute Gasteiger partial charge is 0.0762 e. The monoisotopic (exact) mass is 224 g/mol. The van der Waals surface area contributed by atoms with Gasteiger partial charge in [-0.25, -0.2) is 0 Å². The lowest BCUT2D eigenvalue weighted by Crippen LogP contribution is -1.97. The largest absolute Gasteiger partial charge is 0.257 e. The van der Waals surface area contributed by atoms with E-state index in [1.54, 1.807) is 0 Å². The number of nitrogens with zero attached hydrogens (tertiary/aromatic N) is 2. The molecule has 3 rings (SSSR count). The Morgan fingerprint density at radius 2 is 1.71 bits per heavy atom. The molecule has 0 unspecified atom stereocenters. The van der Waals surface area contributed by atoms with Gasteiger partial charge in [0.2, 0.25) is 0 Å². The minimum absolute atomic E-state index is 0.937. The van der Waals surface area contributed by atoms with Crippen LogP contribution in [0.25, 0.3) is 11.3 Å². The summed E-state index contributed by atoms with van der Waals surface area (Å²) in [7, 11) is 0. The average molecular weight is 224 g/mol. The Bertz CT molecular complexity index is 627. The first-order valence-electron chi connectivity index (χ1n) is 6.01. The van der Waals surface area contributed by atoms with Crippen LogP contribution in [0.5, 0.6) is 0 Å². The Morgan fingerprint density at radius 3 is 2.47 bits per heavy atom. The van der Waals surface area contributed by atoms with E-state index in [2.05, 4.69) is 37.9 Å². The summed E-state index contributed by atoms with van der Waals surface area (Å²) in [4.78, 5) is 9.37. The van der Waals surface area contributed by atoms with Crippen molar-refractivity contribution < 1.29 is 0 Å². The van der Waals surface area contributed by atoms with E-state index >= 15 is 0 Å². The molecule has 0 aliphatic heterocycles. The van der Waals surface area contributed by atoms with Crippen LogP contribution in [0, 0.1) is 27.7 Å². The molecule has 0 fully saturated rings. The lowest BCUT2D eigenvalue weighted by Gasteiger charge is -2.09. The Kier molecular flexibility index (Phi) is 2.09. The van der Waals surface area contributed by atoms with Gasteiger partial charge < -0.3 is 0 Å². The van der Waals surface area contributed by atoms with E-state index in [4.69, 9.17) is 4.98 Å². The normalized spacial score (nSPS) is 12.5. The standard InChI is InChI=1S/C15H16N2/c1-8-5-6-12-14(16-8)7-13-10(3)9(2)11(4)17-15(12)13/h5-6H,7H2,1-4H3. The molecule has 2 nitrogen and oxygen atoms in total. The highest BCUT2D eigenvalue weighted by Gasteiger charge is 2.24. The predicted octanol–water partition coefficient (Wildman–Crippen LogP) is 3.28. The zero-order valence-corrected chi connectivity index (χ0v) is 10.8. The summed E-state index contributed by atoms with van der Waals surface area (Å²) in [6.45, 7) is 8.48. The highest BCUT2D eigenvalue weighted by atomic mass is 14.8. The van der Waals surface area contributed by atoms with Crippen molar-refractivity contribution in [1.82, 2.24) is 9.97 Å². The first kappa shape index (κ1) is 10.5. The van der Waals surface area contributed by atoms with Crippen molar-refractivity contribution in [2.24, 2.45) is 0 Å².